The van der Waals surface area contributed by atoms with E-state index in [1.165, 1.54) is 0 Å². The Hall–Kier alpha value is -1.18. The number of ether oxygens (including phenoxy) is 1. The largest absolute Gasteiger partial charge is 0.504 e. The molecule has 14 heavy (non-hydrogen) atoms. The second-order valence-electron chi connectivity index (χ2n) is 4.18. The van der Waals surface area contributed by atoms with E-state index in [1.807, 2.05) is 6.07 Å². The van der Waals surface area contributed by atoms with E-state index in [0.29, 0.717) is 24.2 Å². The molecule has 0 aromatic heterocycles. The first-order chi connectivity index (χ1) is 6.70. The molecule has 0 fully saturated rings. The van der Waals surface area contributed by atoms with E-state index in [4.69, 9.17) is 4.74 Å². The summed E-state index contributed by atoms with van der Waals surface area (Å²) in [5.74, 6) is 2.08. The van der Waals surface area contributed by atoms with Gasteiger partial charge in [0.1, 0.15) is 0 Å². The highest BCUT2D eigenvalue weighted by Crippen LogP contribution is 2.42. The number of phenolic OH excluding ortho intramolecular Hbond substituents is 1. The van der Waals surface area contributed by atoms with Crippen molar-refractivity contribution in [2.24, 2.45) is 5.92 Å². The topological polar surface area (TPSA) is 29.5 Å². The van der Waals surface area contributed by atoms with Crippen molar-refractivity contribution in [3.8, 4) is 11.5 Å². The Morgan fingerprint density at radius 1 is 1.43 bits per heavy atom. The van der Waals surface area contributed by atoms with Crippen molar-refractivity contribution in [2.75, 3.05) is 6.61 Å². The molecular formula is C12H16O2. The third-order valence-corrected chi connectivity index (χ3v) is 2.90. The second-order valence-corrected chi connectivity index (χ2v) is 4.18. The van der Waals surface area contributed by atoms with Crippen LogP contribution >= 0.6 is 0 Å². The lowest BCUT2D eigenvalue weighted by atomic mass is 9.84. The third-order valence-electron chi connectivity index (χ3n) is 2.90. The predicted molar refractivity (Wildman–Crippen MR) is 55.8 cm³/mol. The Balaban J connectivity index is 2.44. The Morgan fingerprint density at radius 2 is 2.21 bits per heavy atom. The highest BCUT2D eigenvalue weighted by atomic mass is 16.5. The molecule has 76 valence electrons. The molecule has 1 aromatic carbocycles. The minimum atomic E-state index is 0.271. The smallest absolute Gasteiger partial charge is 0.164 e. The number of rotatable bonds is 1. The first-order valence-corrected chi connectivity index (χ1v) is 5.15. The summed E-state index contributed by atoms with van der Waals surface area (Å²) in [4.78, 5) is 0. The van der Waals surface area contributed by atoms with Gasteiger partial charge in [0.2, 0.25) is 0 Å². The van der Waals surface area contributed by atoms with Gasteiger partial charge in [0.25, 0.3) is 0 Å². The van der Waals surface area contributed by atoms with Crippen LogP contribution in [0, 0.1) is 5.92 Å². The zero-order valence-electron chi connectivity index (χ0n) is 8.66. The van der Waals surface area contributed by atoms with Crippen molar-refractivity contribution >= 4 is 0 Å². The first kappa shape index (κ1) is 9.38. The highest BCUT2D eigenvalue weighted by molar-refractivity contribution is 5.48. The fourth-order valence-corrected chi connectivity index (χ4v) is 2.13. The highest BCUT2D eigenvalue weighted by Gasteiger charge is 2.25. The maximum atomic E-state index is 9.63. The van der Waals surface area contributed by atoms with Gasteiger partial charge in [0, 0.05) is 5.56 Å². The Bertz CT molecular complexity index is 331. The number of hydrogen-bond donors (Lipinski definition) is 1. The summed E-state index contributed by atoms with van der Waals surface area (Å²) in [5.41, 5.74) is 1.16. The lowest BCUT2D eigenvalue weighted by Crippen LogP contribution is -2.18. The first-order valence-electron chi connectivity index (χ1n) is 5.15. The lowest BCUT2D eigenvalue weighted by Gasteiger charge is -2.28. The average molecular weight is 192 g/mol. The van der Waals surface area contributed by atoms with Crippen LogP contribution in [-0.2, 0) is 0 Å². The molecule has 1 N–H and O–H groups in total. The molecule has 1 unspecified atom stereocenters. The van der Waals surface area contributed by atoms with Gasteiger partial charge in [-0.1, -0.05) is 26.0 Å². The number of para-hydroxylation sites is 1. The molecule has 2 nitrogen and oxygen atoms in total. The maximum absolute atomic E-state index is 9.63. The lowest BCUT2D eigenvalue weighted by molar-refractivity contribution is 0.236. The van der Waals surface area contributed by atoms with Gasteiger partial charge in [-0.15, -0.1) is 0 Å². The standard InChI is InChI=1S/C12H16O2/c1-8(2)9-6-7-14-12-10(9)4-3-5-11(12)13/h3-5,8-9,13H,6-7H2,1-2H3. The molecule has 1 aliphatic rings. The summed E-state index contributed by atoms with van der Waals surface area (Å²) in [6.07, 6.45) is 1.05. The SMILES string of the molecule is CC(C)C1CCOc2c(O)cccc21. The van der Waals surface area contributed by atoms with E-state index in [0.717, 1.165) is 12.0 Å². The molecular weight excluding hydrogens is 176 g/mol. The van der Waals surface area contributed by atoms with Crippen LogP contribution in [0.25, 0.3) is 0 Å². The second kappa shape index (κ2) is 3.52. The van der Waals surface area contributed by atoms with Crippen molar-refractivity contribution < 1.29 is 9.84 Å². The average Bonchev–Trinajstić information content (AvgIpc) is 2.17. The summed E-state index contributed by atoms with van der Waals surface area (Å²) in [6.45, 7) is 5.14. The normalized spacial score (nSPS) is 20.4. The molecule has 1 aliphatic heterocycles. The molecule has 1 heterocycles. The van der Waals surface area contributed by atoms with Gasteiger partial charge in [0.05, 0.1) is 6.61 Å². The molecule has 0 saturated heterocycles. The molecule has 0 bridgehead atoms. The Labute approximate surface area is 84.5 Å². The molecule has 0 saturated carbocycles. The third kappa shape index (κ3) is 1.45. The zero-order valence-corrected chi connectivity index (χ0v) is 8.66. The molecule has 0 aliphatic carbocycles. The number of hydrogen-bond acceptors (Lipinski definition) is 2. The van der Waals surface area contributed by atoms with Crippen LogP contribution < -0.4 is 4.74 Å². The van der Waals surface area contributed by atoms with Gasteiger partial charge < -0.3 is 9.84 Å². The molecule has 0 radical (unpaired) electrons. The quantitative estimate of drug-likeness (QED) is 0.741. The summed E-state index contributed by atoms with van der Waals surface area (Å²) in [5, 5.41) is 9.63. The van der Waals surface area contributed by atoms with E-state index in [2.05, 4.69) is 19.9 Å². The number of fused-ring (bicyclic) bond motifs is 1. The van der Waals surface area contributed by atoms with Crippen LogP contribution in [0.4, 0.5) is 0 Å². The van der Waals surface area contributed by atoms with Gasteiger partial charge in [-0.25, -0.2) is 0 Å². The van der Waals surface area contributed by atoms with Crippen LogP contribution in [0.15, 0.2) is 18.2 Å². The fraction of sp³-hybridized carbons (Fsp3) is 0.500. The molecule has 2 heteroatoms. The summed E-state index contributed by atoms with van der Waals surface area (Å²) < 4.78 is 5.48. The monoisotopic (exact) mass is 192 g/mol. The van der Waals surface area contributed by atoms with E-state index in [9.17, 15) is 5.11 Å². The van der Waals surface area contributed by atoms with Crippen molar-refractivity contribution in [3.63, 3.8) is 0 Å². The van der Waals surface area contributed by atoms with Gasteiger partial charge in [0.15, 0.2) is 11.5 Å². The van der Waals surface area contributed by atoms with E-state index in [1.54, 1.807) is 6.07 Å². The van der Waals surface area contributed by atoms with Crippen LogP contribution in [0.2, 0.25) is 0 Å². The van der Waals surface area contributed by atoms with Gasteiger partial charge >= 0.3 is 0 Å². The Morgan fingerprint density at radius 3 is 2.93 bits per heavy atom. The van der Waals surface area contributed by atoms with Crippen LogP contribution in [0.1, 0.15) is 31.7 Å². The van der Waals surface area contributed by atoms with Crippen molar-refractivity contribution in [2.45, 2.75) is 26.2 Å². The van der Waals surface area contributed by atoms with Crippen molar-refractivity contribution in [1.29, 1.82) is 0 Å². The Kier molecular flexibility index (Phi) is 2.36. The van der Waals surface area contributed by atoms with Crippen LogP contribution in [0.5, 0.6) is 11.5 Å². The number of benzene rings is 1. The zero-order chi connectivity index (χ0) is 10.1. The molecule has 1 atom stereocenters. The number of aromatic hydroxyl groups is 1. The van der Waals surface area contributed by atoms with Crippen molar-refractivity contribution in [1.82, 2.24) is 0 Å². The fourth-order valence-electron chi connectivity index (χ4n) is 2.13. The molecule has 0 spiro atoms. The molecule has 0 amide bonds. The minimum Gasteiger partial charge on any atom is -0.504 e. The predicted octanol–water partition coefficient (Wildman–Crippen LogP) is 2.91. The summed E-state index contributed by atoms with van der Waals surface area (Å²) >= 11 is 0. The number of phenols is 1. The summed E-state index contributed by atoms with van der Waals surface area (Å²) in [6, 6.07) is 5.62. The van der Waals surface area contributed by atoms with Gasteiger partial charge in [-0.3, -0.25) is 0 Å². The van der Waals surface area contributed by atoms with E-state index >= 15 is 0 Å². The molecule has 2 rings (SSSR count). The minimum absolute atomic E-state index is 0.271. The van der Waals surface area contributed by atoms with Crippen molar-refractivity contribution in [3.05, 3.63) is 23.8 Å². The van der Waals surface area contributed by atoms with E-state index in [-0.39, 0.29) is 5.75 Å². The molecule has 1 aromatic rings. The summed E-state index contributed by atoms with van der Waals surface area (Å²) in [7, 11) is 0. The van der Waals surface area contributed by atoms with Crippen LogP contribution in [-0.4, -0.2) is 11.7 Å². The maximum Gasteiger partial charge on any atom is 0.164 e. The van der Waals surface area contributed by atoms with Crippen LogP contribution in [0.3, 0.4) is 0 Å². The van der Waals surface area contributed by atoms with E-state index < -0.39 is 0 Å². The van der Waals surface area contributed by atoms with Gasteiger partial charge in [-0.05, 0) is 24.3 Å². The van der Waals surface area contributed by atoms with Gasteiger partial charge in [-0.2, -0.15) is 0 Å².